The molecule has 1 aliphatic rings. The Balaban J connectivity index is 1.88. The monoisotopic (exact) mass is 386 g/mol. The van der Waals surface area contributed by atoms with Crippen LogP contribution >= 0.6 is 0 Å². The van der Waals surface area contributed by atoms with E-state index in [9.17, 15) is 14.9 Å². The Labute approximate surface area is 162 Å². The number of non-ortho nitro benzene ring substituents is 1. The Morgan fingerprint density at radius 1 is 1.18 bits per heavy atom. The zero-order valence-electron chi connectivity index (χ0n) is 16.0. The summed E-state index contributed by atoms with van der Waals surface area (Å²) in [5, 5.41) is 10.8. The van der Waals surface area contributed by atoms with Crippen LogP contribution < -0.4 is 14.2 Å². The van der Waals surface area contributed by atoms with E-state index in [0.29, 0.717) is 30.2 Å². The Kier molecular flexibility index (Phi) is 5.67. The van der Waals surface area contributed by atoms with Crippen LogP contribution in [0.25, 0.3) is 0 Å². The van der Waals surface area contributed by atoms with E-state index in [1.165, 1.54) is 19.1 Å². The van der Waals surface area contributed by atoms with E-state index in [2.05, 4.69) is 0 Å². The highest BCUT2D eigenvalue weighted by Crippen LogP contribution is 2.38. The van der Waals surface area contributed by atoms with Crippen molar-refractivity contribution in [2.45, 2.75) is 19.4 Å². The maximum Gasteiger partial charge on any atom is 0.269 e. The van der Waals surface area contributed by atoms with Crippen molar-refractivity contribution in [3.8, 4) is 17.2 Å². The number of nitro groups is 1. The summed E-state index contributed by atoms with van der Waals surface area (Å²) >= 11 is 0. The maximum atomic E-state index is 12.2. The molecule has 8 nitrogen and oxygen atoms in total. The van der Waals surface area contributed by atoms with E-state index in [-0.39, 0.29) is 24.2 Å². The zero-order chi connectivity index (χ0) is 20.3. The summed E-state index contributed by atoms with van der Waals surface area (Å²) in [5.41, 5.74) is 2.02. The van der Waals surface area contributed by atoms with Gasteiger partial charge in [0, 0.05) is 25.6 Å². The maximum absolute atomic E-state index is 12.2. The van der Waals surface area contributed by atoms with E-state index in [4.69, 9.17) is 14.2 Å². The highest BCUT2D eigenvalue weighted by atomic mass is 16.6. The molecule has 3 rings (SSSR count). The van der Waals surface area contributed by atoms with Gasteiger partial charge >= 0.3 is 0 Å². The number of carbonyl (C=O) groups excluding carboxylic acids is 1. The van der Waals surface area contributed by atoms with Crippen LogP contribution in [0, 0.1) is 10.1 Å². The number of hydrogen-bond acceptors (Lipinski definition) is 6. The lowest BCUT2D eigenvalue weighted by atomic mass is 9.92. The number of methoxy groups -OCH3 is 2. The minimum Gasteiger partial charge on any atom is -0.493 e. The smallest absolute Gasteiger partial charge is 0.269 e. The van der Waals surface area contributed by atoms with Crippen LogP contribution in [0.4, 0.5) is 5.69 Å². The van der Waals surface area contributed by atoms with Crippen molar-refractivity contribution in [3.63, 3.8) is 0 Å². The quantitative estimate of drug-likeness (QED) is 0.560. The van der Waals surface area contributed by atoms with Gasteiger partial charge in [0.1, 0.15) is 12.4 Å². The first kappa shape index (κ1) is 19.5. The summed E-state index contributed by atoms with van der Waals surface area (Å²) in [7, 11) is 3.16. The lowest BCUT2D eigenvalue weighted by Crippen LogP contribution is -2.41. The molecule has 8 heteroatoms. The minimum absolute atomic E-state index is 0.00226. The topological polar surface area (TPSA) is 91.1 Å². The van der Waals surface area contributed by atoms with Gasteiger partial charge in [-0.15, -0.1) is 0 Å². The third-order valence-electron chi connectivity index (χ3n) is 4.86. The largest absolute Gasteiger partial charge is 0.493 e. The number of nitrogens with zero attached hydrogens (tertiary/aromatic N) is 2. The molecule has 1 atom stereocenters. The molecule has 0 fully saturated rings. The van der Waals surface area contributed by atoms with Crippen LogP contribution in [0.2, 0.25) is 0 Å². The second kappa shape index (κ2) is 8.16. The minimum atomic E-state index is -0.460. The fourth-order valence-corrected chi connectivity index (χ4v) is 3.42. The van der Waals surface area contributed by atoms with Crippen molar-refractivity contribution in [1.82, 2.24) is 4.90 Å². The molecule has 0 unspecified atom stereocenters. The second-order valence-electron chi connectivity index (χ2n) is 6.45. The van der Waals surface area contributed by atoms with Gasteiger partial charge in [-0.25, -0.2) is 0 Å². The summed E-state index contributed by atoms with van der Waals surface area (Å²) in [6, 6.07) is 9.40. The van der Waals surface area contributed by atoms with Gasteiger partial charge in [0.2, 0.25) is 5.91 Å². The number of benzene rings is 2. The molecule has 148 valence electrons. The number of ether oxygens (including phenoxy) is 3. The molecule has 1 aliphatic heterocycles. The third-order valence-corrected chi connectivity index (χ3v) is 4.86. The van der Waals surface area contributed by atoms with Gasteiger partial charge < -0.3 is 19.1 Å². The number of rotatable bonds is 6. The van der Waals surface area contributed by atoms with Crippen molar-refractivity contribution < 1.29 is 23.9 Å². The molecule has 28 heavy (non-hydrogen) atoms. The van der Waals surface area contributed by atoms with E-state index < -0.39 is 4.92 Å². The van der Waals surface area contributed by atoms with Gasteiger partial charge in [-0.05, 0) is 41.8 Å². The Hall–Kier alpha value is -3.29. The van der Waals surface area contributed by atoms with Crippen molar-refractivity contribution in [1.29, 1.82) is 0 Å². The second-order valence-corrected chi connectivity index (χ2v) is 6.45. The first-order chi connectivity index (χ1) is 13.4. The normalized spacial score (nSPS) is 15.5. The molecule has 0 aromatic heterocycles. The van der Waals surface area contributed by atoms with E-state index in [1.54, 1.807) is 31.3 Å². The predicted molar refractivity (Wildman–Crippen MR) is 102 cm³/mol. The van der Waals surface area contributed by atoms with Crippen LogP contribution in [0.1, 0.15) is 24.1 Å². The van der Waals surface area contributed by atoms with Crippen molar-refractivity contribution >= 4 is 11.6 Å². The fraction of sp³-hybridized carbons (Fsp3) is 0.350. The highest BCUT2D eigenvalue weighted by molar-refractivity contribution is 5.74. The first-order valence-corrected chi connectivity index (χ1v) is 8.84. The molecule has 0 N–H and O–H groups in total. The van der Waals surface area contributed by atoms with Crippen LogP contribution in [0.5, 0.6) is 17.2 Å². The average molecular weight is 386 g/mol. The molecular formula is C20H22N2O6. The number of carbonyl (C=O) groups is 1. The first-order valence-electron chi connectivity index (χ1n) is 8.84. The standard InChI is InChI=1S/C20H22N2O6/c1-13(23)21-9-8-14-10-19(26-2)20(27-3)11-17(14)18(21)12-28-16-6-4-15(5-7-16)22(24)25/h4-7,10-11,18H,8-9,12H2,1-3H3/t18-/m0/s1. The van der Waals surface area contributed by atoms with Crippen molar-refractivity contribution in [3.05, 3.63) is 57.6 Å². The number of amides is 1. The molecule has 2 aromatic carbocycles. The van der Waals surface area contributed by atoms with E-state index in [0.717, 1.165) is 11.1 Å². The lowest BCUT2D eigenvalue weighted by Gasteiger charge is -2.37. The molecule has 1 amide bonds. The summed E-state index contributed by atoms with van der Waals surface area (Å²) in [6.45, 7) is 2.33. The van der Waals surface area contributed by atoms with Gasteiger partial charge in [-0.3, -0.25) is 14.9 Å². The van der Waals surface area contributed by atoms with Crippen LogP contribution in [-0.2, 0) is 11.2 Å². The molecule has 0 radical (unpaired) electrons. The number of nitro benzene ring substituents is 1. The summed E-state index contributed by atoms with van der Waals surface area (Å²) < 4.78 is 16.7. The molecule has 0 saturated heterocycles. The van der Waals surface area contributed by atoms with Gasteiger partial charge in [-0.1, -0.05) is 0 Å². The lowest BCUT2D eigenvalue weighted by molar-refractivity contribution is -0.384. The van der Waals surface area contributed by atoms with Crippen LogP contribution in [0.3, 0.4) is 0 Å². The van der Waals surface area contributed by atoms with Gasteiger partial charge in [0.15, 0.2) is 11.5 Å². The van der Waals surface area contributed by atoms with Crippen LogP contribution in [0.15, 0.2) is 36.4 Å². The molecule has 1 heterocycles. The SMILES string of the molecule is COc1cc2c(cc1OC)[C@H](COc1ccc([N+](=O)[O-])cc1)N(C(C)=O)CC2. The Bertz CT molecular complexity index is 881. The molecular weight excluding hydrogens is 364 g/mol. The Morgan fingerprint density at radius 2 is 1.82 bits per heavy atom. The van der Waals surface area contributed by atoms with Gasteiger partial charge in [0.05, 0.1) is 25.2 Å². The van der Waals surface area contributed by atoms with Gasteiger partial charge in [-0.2, -0.15) is 0 Å². The number of hydrogen-bond donors (Lipinski definition) is 0. The summed E-state index contributed by atoms with van der Waals surface area (Å²) in [5.74, 6) is 1.69. The van der Waals surface area contributed by atoms with E-state index >= 15 is 0 Å². The molecule has 0 aliphatic carbocycles. The predicted octanol–water partition coefficient (Wildman–Crippen LogP) is 3.14. The van der Waals surface area contributed by atoms with Crippen LogP contribution in [-0.4, -0.2) is 43.1 Å². The molecule has 0 spiro atoms. The zero-order valence-corrected chi connectivity index (χ0v) is 16.0. The Morgan fingerprint density at radius 3 is 2.39 bits per heavy atom. The summed E-state index contributed by atoms with van der Waals surface area (Å²) in [4.78, 5) is 24.3. The van der Waals surface area contributed by atoms with Crippen molar-refractivity contribution in [2.24, 2.45) is 0 Å². The third kappa shape index (κ3) is 3.85. The highest BCUT2D eigenvalue weighted by Gasteiger charge is 2.31. The fourth-order valence-electron chi connectivity index (χ4n) is 3.42. The average Bonchev–Trinajstić information content (AvgIpc) is 2.70. The summed E-state index contributed by atoms with van der Waals surface area (Å²) in [6.07, 6.45) is 0.712. The molecule has 0 saturated carbocycles. The van der Waals surface area contributed by atoms with Gasteiger partial charge in [0.25, 0.3) is 5.69 Å². The van der Waals surface area contributed by atoms with E-state index in [1.807, 2.05) is 12.1 Å². The molecule has 0 bridgehead atoms. The van der Waals surface area contributed by atoms with Crippen molar-refractivity contribution in [2.75, 3.05) is 27.4 Å². The molecule has 2 aromatic rings. The number of fused-ring (bicyclic) bond motifs is 1.